The minimum absolute atomic E-state index is 0.623. The van der Waals surface area contributed by atoms with Crippen LogP contribution in [0.3, 0.4) is 0 Å². The number of hydrogen-bond donors (Lipinski definition) is 1. The van der Waals surface area contributed by atoms with Gasteiger partial charge in [0, 0.05) is 23.2 Å². The minimum atomic E-state index is 0.623. The Kier molecular flexibility index (Phi) is 8.32. The first-order chi connectivity index (χ1) is 9.49. The van der Waals surface area contributed by atoms with Crippen LogP contribution in [0.5, 0.6) is 0 Å². The van der Waals surface area contributed by atoms with E-state index >= 15 is 0 Å². The van der Waals surface area contributed by atoms with E-state index in [4.69, 9.17) is 0 Å². The molecular weight excluding hydrogens is 262 g/mol. The van der Waals surface area contributed by atoms with Gasteiger partial charge in [-0.15, -0.1) is 11.8 Å². The van der Waals surface area contributed by atoms with Gasteiger partial charge in [0.2, 0.25) is 0 Å². The van der Waals surface area contributed by atoms with E-state index in [1.807, 2.05) is 11.8 Å². The molecule has 114 valence electrons. The van der Waals surface area contributed by atoms with Crippen LogP contribution in [0.2, 0.25) is 0 Å². The Labute approximate surface area is 129 Å². The number of nitrogens with one attached hydrogen (secondary N) is 1. The van der Waals surface area contributed by atoms with Crippen molar-refractivity contribution in [2.24, 2.45) is 5.92 Å². The molecule has 0 bridgehead atoms. The van der Waals surface area contributed by atoms with Crippen molar-refractivity contribution in [3.63, 3.8) is 0 Å². The third kappa shape index (κ3) is 7.35. The molecule has 0 saturated heterocycles. The van der Waals surface area contributed by atoms with Crippen LogP contribution in [0.1, 0.15) is 58.9 Å². The molecule has 1 N–H and O–H groups in total. The van der Waals surface area contributed by atoms with Crippen LogP contribution < -0.4 is 5.32 Å². The molecule has 1 aromatic rings. The van der Waals surface area contributed by atoms with E-state index in [0.717, 1.165) is 18.2 Å². The van der Waals surface area contributed by atoms with Crippen molar-refractivity contribution >= 4 is 11.8 Å². The first kappa shape index (κ1) is 17.6. The van der Waals surface area contributed by atoms with Gasteiger partial charge in [-0.05, 0) is 49.3 Å². The Balaban J connectivity index is 2.17. The molecule has 0 spiro atoms. The van der Waals surface area contributed by atoms with E-state index in [1.54, 1.807) is 0 Å². The molecular formula is C18H31NS. The van der Waals surface area contributed by atoms with Gasteiger partial charge in [-0.2, -0.15) is 0 Å². The van der Waals surface area contributed by atoms with Crippen molar-refractivity contribution in [3.8, 4) is 0 Å². The van der Waals surface area contributed by atoms with Gasteiger partial charge in [0.15, 0.2) is 0 Å². The van der Waals surface area contributed by atoms with E-state index in [9.17, 15) is 0 Å². The molecule has 0 aliphatic carbocycles. The van der Waals surface area contributed by atoms with E-state index in [0.29, 0.717) is 12.0 Å². The standard InChI is InChI=1S/C18H31NS/c1-14(2)6-7-16(5)19-12-13-20-18-10-8-17(9-11-18)15(3)4/h8-11,14-16,19H,6-7,12-13H2,1-5H3. The molecule has 0 saturated carbocycles. The summed E-state index contributed by atoms with van der Waals surface area (Å²) < 4.78 is 0. The predicted octanol–water partition coefficient (Wildman–Crippen LogP) is 5.32. The second-order valence-corrected chi connectivity index (χ2v) is 7.57. The van der Waals surface area contributed by atoms with Crippen molar-refractivity contribution in [1.82, 2.24) is 5.32 Å². The number of hydrogen-bond acceptors (Lipinski definition) is 2. The number of benzene rings is 1. The summed E-state index contributed by atoms with van der Waals surface area (Å²) >= 11 is 1.94. The fraction of sp³-hybridized carbons (Fsp3) is 0.667. The molecule has 20 heavy (non-hydrogen) atoms. The molecule has 0 aliphatic rings. The van der Waals surface area contributed by atoms with Crippen molar-refractivity contribution in [2.75, 3.05) is 12.3 Å². The highest BCUT2D eigenvalue weighted by Crippen LogP contribution is 2.21. The van der Waals surface area contributed by atoms with Crippen LogP contribution in [0.15, 0.2) is 29.2 Å². The van der Waals surface area contributed by atoms with Crippen LogP contribution >= 0.6 is 11.8 Å². The maximum Gasteiger partial charge on any atom is 0.0106 e. The van der Waals surface area contributed by atoms with Gasteiger partial charge >= 0.3 is 0 Å². The summed E-state index contributed by atoms with van der Waals surface area (Å²) in [7, 11) is 0. The molecule has 1 rings (SSSR count). The summed E-state index contributed by atoms with van der Waals surface area (Å²) in [5, 5.41) is 3.62. The zero-order valence-electron chi connectivity index (χ0n) is 13.8. The van der Waals surface area contributed by atoms with E-state index in [-0.39, 0.29) is 0 Å². The fourth-order valence-electron chi connectivity index (χ4n) is 2.11. The molecule has 1 unspecified atom stereocenters. The fourth-order valence-corrected chi connectivity index (χ4v) is 2.89. The zero-order valence-corrected chi connectivity index (χ0v) is 14.6. The van der Waals surface area contributed by atoms with Gasteiger partial charge < -0.3 is 5.32 Å². The Morgan fingerprint density at radius 2 is 1.60 bits per heavy atom. The van der Waals surface area contributed by atoms with Crippen molar-refractivity contribution < 1.29 is 0 Å². The molecule has 0 aromatic heterocycles. The maximum absolute atomic E-state index is 3.62. The first-order valence-electron chi connectivity index (χ1n) is 7.95. The number of thioether (sulfide) groups is 1. The highest BCUT2D eigenvalue weighted by Gasteiger charge is 2.03. The van der Waals surface area contributed by atoms with Gasteiger partial charge in [0.1, 0.15) is 0 Å². The molecule has 1 atom stereocenters. The second kappa shape index (κ2) is 9.46. The summed E-state index contributed by atoms with van der Waals surface area (Å²) in [6.45, 7) is 12.5. The zero-order chi connectivity index (χ0) is 15.0. The molecule has 0 amide bonds. The van der Waals surface area contributed by atoms with Crippen LogP contribution in [-0.2, 0) is 0 Å². The Bertz CT molecular complexity index is 356. The van der Waals surface area contributed by atoms with Crippen LogP contribution in [0.4, 0.5) is 0 Å². The molecule has 2 heteroatoms. The Hall–Kier alpha value is -0.470. The highest BCUT2D eigenvalue weighted by molar-refractivity contribution is 7.99. The third-order valence-electron chi connectivity index (χ3n) is 3.59. The summed E-state index contributed by atoms with van der Waals surface area (Å²) in [6.07, 6.45) is 2.60. The Morgan fingerprint density at radius 3 is 2.15 bits per heavy atom. The summed E-state index contributed by atoms with van der Waals surface area (Å²) in [5.41, 5.74) is 1.43. The number of rotatable bonds is 9. The van der Waals surface area contributed by atoms with Crippen molar-refractivity contribution in [3.05, 3.63) is 29.8 Å². The average Bonchev–Trinajstić information content (AvgIpc) is 2.42. The van der Waals surface area contributed by atoms with Gasteiger partial charge in [0.05, 0.1) is 0 Å². The summed E-state index contributed by atoms with van der Waals surface area (Å²) in [4.78, 5) is 1.38. The topological polar surface area (TPSA) is 12.0 Å². The van der Waals surface area contributed by atoms with Crippen molar-refractivity contribution in [2.45, 2.75) is 64.3 Å². The molecule has 0 aliphatic heterocycles. The lowest BCUT2D eigenvalue weighted by atomic mass is 10.0. The van der Waals surface area contributed by atoms with Gasteiger partial charge in [-0.25, -0.2) is 0 Å². The largest absolute Gasteiger partial charge is 0.313 e. The van der Waals surface area contributed by atoms with Crippen molar-refractivity contribution in [1.29, 1.82) is 0 Å². The van der Waals surface area contributed by atoms with Crippen LogP contribution in [-0.4, -0.2) is 18.3 Å². The molecule has 0 radical (unpaired) electrons. The summed E-state index contributed by atoms with van der Waals surface area (Å²) in [5.74, 6) is 2.58. The normalized spacial score (nSPS) is 13.2. The second-order valence-electron chi connectivity index (χ2n) is 6.40. The first-order valence-corrected chi connectivity index (χ1v) is 8.93. The smallest absolute Gasteiger partial charge is 0.0106 e. The quantitative estimate of drug-likeness (QED) is 0.489. The monoisotopic (exact) mass is 293 g/mol. The van der Waals surface area contributed by atoms with Crippen LogP contribution in [0.25, 0.3) is 0 Å². The minimum Gasteiger partial charge on any atom is -0.313 e. The lowest BCUT2D eigenvalue weighted by Gasteiger charge is -2.14. The Morgan fingerprint density at radius 1 is 0.950 bits per heavy atom. The highest BCUT2D eigenvalue weighted by atomic mass is 32.2. The van der Waals surface area contributed by atoms with E-state index < -0.39 is 0 Å². The molecule has 1 nitrogen and oxygen atoms in total. The summed E-state index contributed by atoms with van der Waals surface area (Å²) in [6, 6.07) is 9.66. The van der Waals surface area contributed by atoms with Gasteiger partial charge in [-0.3, -0.25) is 0 Å². The van der Waals surface area contributed by atoms with E-state index in [1.165, 1.54) is 23.3 Å². The maximum atomic E-state index is 3.62. The van der Waals surface area contributed by atoms with Crippen LogP contribution in [0, 0.1) is 5.92 Å². The third-order valence-corrected chi connectivity index (χ3v) is 4.60. The van der Waals surface area contributed by atoms with Gasteiger partial charge in [0.25, 0.3) is 0 Å². The average molecular weight is 294 g/mol. The molecule has 0 fully saturated rings. The lowest BCUT2D eigenvalue weighted by Crippen LogP contribution is -2.28. The SMILES string of the molecule is CC(C)CCC(C)NCCSc1ccc(C(C)C)cc1. The molecule has 0 heterocycles. The molecule has 1 aromatic carbocycles. The van der Waals surface area contributed by atoms with E-state index in [2.05, 4.69) is 64.2 Å². The lowest BCUT2D eigenvalue weighted by molar-refractivity contribution is 0.460. The van der Waals surface area contributed by atoms with Gasteiger partial charge in [-0.1, -0.05) is 39.8 Å². The predicted molar refractivity (Wildman–Crippen MR) is 92.8 cm³/mol.